The molecule has 2 N–H and O–H groups in total. The summed E-state index contributed by atoms with van der Waals surface area (Å²) in [6.07, 6.45) is 2.31. The topological polar surface area (TPSA) is 42.2 Å². The van der Waals surface area contributed by atoms with E-state index in [4.69, 9.17) is 17.3 Å². The molecule has 2 heterocycles. The number of rotatable bonds is 2. The molecule has 0 saturated carbocycles. The van der Waals surface area contributed by atoms with Gasteiger partial charge in [-0.2, -0.15) is 0 Å². The van der Waals surface area contributed by atoms with Gasteiger partial charge in [-0.15, -0.1) is 0 Å². The van der Waals surface area contributed by atoms with E-state index in [0.717, 1.165) is 25.1 Å². The Morgan fingerprint density at radius 2 is 2.15 bits per heavy atom. The number of nitrogens with zero attached hydrogens (tertiary/aromatic N) is 2. The van der Waals surface area contributed by atoms with E-state index < -0.39 is 0 Å². The van der Waals surface area contributed by atoms with Crippen LogP contribution in [0.1, 0.15) is 23.2 Å². The van der Waals surface area contributed by atoms with Crippen LogP contribution < -0.4 is 10.6 Å². The Labute approximate surface area is 124 Å². The number of benzene rings is 1. The largest absolute Gasteiger partial charge is 0.384 e. The highest BCUT2D eigenvalue weighted by Crippen LogP contribution is 2.30. The summed E-state index contributed by atoms with van der Waals surface area (Å²) in [5.74, 6) is 0.519. The summed E-state index contributed by atoms with van der Waals surface area (Å²) < 4.78 is 0. The van der Waals surface area contributed by atoms with Gasteiger partial charge < -0.3 is 10.6 Å². The van der Waals surface area contributed by atoms with Crippen molar-refractivity contribution in [1.82, 2.24) is 4.98 Å². The lowest BCUT2D eigenvalue weighted by atomic mass is 9.99. The first-order chi connectivity index (χ1) is 9.63. The Kier molecular flexibility index (Phi) is 3.53. The van der Waals surface area contributed by atoms with Crippen LogP contribution in [0.25, 0.3) is 0 Å². The smallest absolute Gasteiger partial charge is 0.123 e. The number of hydrogen-bond donors (Lipinski definition) is 1. The monoisotopic (exact) mass is 287 g/mol. The van der Waals surface area contributed by atoms with Crippen molar-refractivity contribution in [2.24, 2.45) is 0 Å². The summed E-state index contributed by atoms with van der Waals surface area (Å²) in [7, 11) is 0. The van der Waals surface area contributed by atoms with Crippen LogP contribution in [0.15, 0.2) is 30.3 Å². The normalized spacial score (nSPS) is 14.2. The molecule has 0 amide bonds. The standard InChI is InChI=1S/C16H18ClN3/c1-11-4-6-15-12(9-11)3-2-8-20(15)10-14-13(17)5-7-16(18)19-14/h4-7,9H,2-3,8,10H2,1H3,(H2,18,19). The van der Waals surface area contributed by atoms with Crippen molar-refractivity contribution in [3.8, 4) is 0 Å². The summed E-state index contributed by atoms with van der Waals surface area (Å²) in [5, 5.41) is 0.679. The van der Waals surface area contributed by atoms with Crippen LogP contribution in [0, 0.1) is 6.92 Å². The minimum Gasteiger partial charge on any atom is -0.384 e. The van der Waals surface area contributed by atoms with Crippen LogP contribution in [-0.4, -0.2) is 11.5 Å². The number of nitrogens with two attached hydrogens (primary N) is 1. The zero-order valence-electron chi connectivity index (χ0n) is 11.6. The van der Waals surface area contributed by atoms with E-state index in [9.17, 15) is 0 Å². The van der Waals surface area contributed by atoms with Gasteiger partial charge in [0.1, 0.15) is 5.82 Å². The molecule has 0 fully saturated rings. The number of hydrogen-bond acceptors (Lipinski definition) is 3. The molecule has 0 radical (unpaired) electrons. The number of fused-ring (bicyclic) bond motifs is 1. The Balaban J connectivity index is 1.91. The molecule has 1 aliphatic heterocycles. The Morgan fingerprint density at radius 3 is 3.00 bits per heavy atom. The molecule has 0 unspecified atom stereocenters. The zero-order valence-corrected chi connectivity index (χ0v) is 12.3. The summed E-state index contributed by atoms with van der Waals surface area (Å²) in [4.78, 5) is 6.70. The van der Waals surface area contributed by atoms with Gasteiger partial charge >= 0.3 is 0 Å². The van der Waals surface area contributed by atoms with Crippen molar-refractivity contribution in [3.63, 3.8) is 0 Å². The predicted octanol–water partition coefficient (Wildman–Crippen LogP) is 3.58. The maximum absolute atomic E-state index is 6.22. The third kappa shape index (κ3) is 2.59. The van der Waals surface area contributed by atoms with E-state index in [-0.39, 0.29) is 0 Å². The Hall–Kier alpha value is -1.74. The number of aromatic nitrogens is 1. The van der Waals surface area contributed by atoms with Crippen molar-refractivity contribution >= 4 is 23.1 Å². The van der Waals surface area contributed by atoms with Gasteiger partial charge in [0.05, 0.1) is 17.3 Å². The fraction of sp³-hybridized carbons (Fsp3) is 0.312. The van der Waals surface area contributed by atoms with Crippen LogP contribution >= 0.6 is 11.6 Å². The molecular weight excluding hydrogens is 270 g/mol. The van der Waals surface area contributed by atoms with E-state index in [1.807, 2.05) is 6.07 Å². The van der Waals surface area contributed by atoms with E-state index in [1.165, 1.54) is 16.8 Å². The maximum atomic E-state index is 6.22. The second-order valence-electron chi connectivity index (χ2n) is 5.32. The highest BCUT2D eigenvalue weighted by molar-refractivity contribution is 6.31. The molecule has 1 aromatic carbocycles. The Morgan fingerprint density at radius 1 is 1.30 bits per heavy atom. The molecular formula is C16H18ClN3. The fourth-order valence-electron chi connectivity index (χ4n) is 2.76. The van der Waals surface area contributed by atoms with Gasteiger partial charge in [0.15, 0.2) is 0 Å². The summed E-state index contributed by atoms with van der Waals surface area (Å²) in [6, 6.07) is 10.2. The molecule has 1 aliphatic rings. The summed E-state index contributed by atoms with van der Waals surface area (Å²) in [6.45, 7) is 3.87. The van der Waals surface area contributed by atoms with E-state index >= 15 is 0 Å². The maximum Gasteiger partial charge on any atom is 0.123 e. The second-order valence-corrected chi connectivity index (χ2v) is 5.73. The minimum atomic E-state index is 0.519. The molecule has 20 heavy (non-hydrogen) atoms. The average Bonchev–Trinajstić information content (AvgIpc) is 2.43. The molecule has 0 spiro atoms. The summed E-state index contributed by atoms with van der Waals surface area (Å²) in [5.41, 5.74) is 10.6. The highest BCUT2D eigenvalue weighted by Gasteiger charge is 2.18. The third-order valence-corrected chi connectivity index (χ3v) is 4.07. The number of aryl methyl sites for hydroxylation is 2. The van der Waals surface area contributed by atoms with Gasteiger partial charge in [0.25, 0.3) is 0 Å². The second kappa shape index (κ2) is 5.33. The number of anilines is 2. The van der Waals surface area contributed by atoms with Gasteiger partial charge in [-0.05, 0) is 43.5 Å². The number of pyridine rings is 1. The van der Waals surface area contributed by atoms with Crippen LogP contribution in [0.4, 0.5) is 11.5 Å². The molecule has 4 heteroatoms. The number of nitrogen functional groups attached to an aromatic ring is 1. The quantitative estimate of drug-likeness (QED) is 0.918. The lowest BCUT2D eigenvalue weighted by Crippen LogP contribution is -2.29. The first-order valence-electron chi connectivity index (χ1n) is 6.89. The molecule has 3 nitrogen and oxygen atoms in total. The van der Waals surface area contributed by atoms with Gasteiger partial charge in [0.2, 0.25) is 0 Å². The SMILES string of the molecule is Cc1ccc2c(c1)CCCN2Cc1nc(N)ccc1Cl. The lowest BCUT2D eigenvalue weighted by Gasteiger charge is -2.31. The summed E-state index contributed by atoms with van der Waals surface area (Å²) >= 11 is 6.22. The van der Waals surface area contributed by atoms with Gasteiger partial charge in [-0.25, -0.2) is 4.98 Å². The lowest BCUT2D eigenvalue weighted by molar-refractivity contribution is 0.684. The van der Waals surface area contributed by atoms with Crippen molar-refractivity contribution in [2.45, 2.75) is 26.3 Å². The van der Waals surface area contributed by atoms with Crippen molar-refractivity contribution in [2.75, 3.05) is 17.2 Å². The van der Waals surface area contributed by atoms with Crippen LogP contribution in [0.2, 0.25) is 5.02 Å². The van der Waals surface area contributed by atoms with Gasteiger partial charge in [-0.3, -0.25) is 0 Å². The Bertz CT molecular complexity index is 640. The van der Waals surface area contributed by atoms with Crippen molar-refractivity contribution < 1.29 is 0 Å². The molecule has 104 valence electrons. The van der Waals surface area contributed by atoms with Crippen LogP contribution in [0.5, 0.6) is 0 Å². The van der Waals surface area contributed by atoms with Crippen molar-refractivity contribution in [1.29, 1.82) is 0 Å². The van der Waals surface area contributed by atoms with Gasteiger partial charge in [0, 0.05) is 12.2 Å². The van der Waals surface area contributed by atoms with Crippen molar-refractivity contribution in [3.05, 3.63) is 52.2 Å². The van der Waals surface area contributed by atoms with Gasteiger partial charge in [-0.1, -0.05) is 29.3 Å². The number of halogens is 1. The fourth-order valence-corrected chi connectivity index (χ4v) is 2.93. The first kappa shape index (κ1) is 13.3. The molecule has 0 saturated heterocycles. The highest BCUT2D eigenvalue weighted by atomic mass is 35.5. The van der Waals surface area contributed by atoms with Crippen LogP contribution in [-0.2, 0) is 13.0 Å². The predicted molar refractivity (Wildman–Crippen MR) is 84.2 cm³/mol. The molecule has 0 atom stereocenters. The van der Waals surface area contributed by atoms with E-state index in [1.54, 1.807) is 6.07 Å². The first-order valence-corrected chi connectivity index (χ1v) is 7.26. The van der Waals surface area contributed by atoms with E-state index in [2.05, 4.69) is 35.0 Å². The van der Waals surface area contributed by atoms with Crippen LogP contribution in [0.3, 0.4) is 0 Å². The zero-order chi connectivity index (χ0) is 14.1. The molecule has 3 rings (SSSR count). The molecule has 0 bridgehead atoms. The molecule has 1 aromatic heterocycles. The molecule has 0 aliphatic carbocycles. The average molecular weight is 288 g/mol. The molecule has 2 aromatic rings. The van der Waals surface area contributed by atoms with E-state index in [0.29, 0.717) is 17.4 Å². The minimum absolute atomic E-state index is 0.519. The third-order valence-electron chi connectivity index (χ3n) is 3.73.